The Morgan fingerprint density at radius 1 is 0.879 bits per heavy atom. The number of anilines is 2. The smallest absolute Gasteiger partial charge is 0.200 e. The van der Waals surface area contributed by atoms with E-state index in [1.165, 1.54) is 26.4 Å². The third-order valence-corrected chi connectivity index (χ3v) is 11.7. The van der Waals surface area contributed by atoms with Crippen LogP contribution in [0.4, 0.5) is 11.5 Å². The molecule has 0 radical (unpaired) electrons. The molecule has 0 unspecified atom stereocenters. The molecule has 302 valence electrons. The summed E-state index contributed by atoms with van der Waals surface area (Å²) in [6.45, 7) is 0. The molecular formula is C46H49N3O9. The summed E-state index contributed by atoms with van der Waals surface area (Å²) in [7, 11) is 2.84. The minimum Gasteiger partial charge on any atom is -0.508 e. The van der Waals surface area contributed by atoms with Crippen molar-refractivity contribution < 1.29 is 44.9 Å². The fourth-order valence-corrected chi connectivity index (χ4v) is 8.91. The molecule has 6 aromatic rings. The van der Waals surface area contributed by atoms with E-state index in [-0.39, 0.29) is 48.0 Å². The van der Waals surface area contributed by atoms with Crippen LogP contribution in [0.1, 0.15) is 48.1 Å². The third-order valence-electron chi connectivity index (χ3n) is 11.7. The number of pyridine rings is 1. The fourth-order valence-electron chi connectivity index (χ4n) is 8.91. The second-order valence-corrected chi connectivity index (χ2v) is 15.2. The molecule has 1 saturated carbocycles. The van der Waals surface area contributed by atoms with Crippen LogP contribution in [0.3, 0.4) is 0 Å². The average Bonchev–Trinajstić information content (AvgIpc) is 3.86. The quantitative estimate of drug-likeness (QED) is 0.0462. The van der Waals surface area contributed by atoms with Gasteiger partial charge in [-0.15, -0.1) is 0 Å². The van der Waals surface area contributed by atoms with Gasteiger partial charge in [0.15, 0.2) is 23.0 Å². The Kier molecular flexibility index (Phi) is 11.8. The number of ether oxygens (including phenoxy) is 2. The van der Waals surface area contributed by atoms with Crippen molar-refractivity contribution in [2.24, 2.45) is 11.8 Å². The van der Waals surface area contributed by atoms with Gasteiger partial charge in [0.2, 0.25) is 5.75 Å². The van der Waals surface area contributed by atoms with E-state index in [2.05, 4.69) is 15.3 Å². The zero-order chi connectivity index (χ0) is 41.0. The highest BCUT2D eigenvalue weighted by Gasteiger charge is 2.57. The Hall–Kier alpha value is -6.24. The van der Waals surface area contributed by atoms with Crippen LogP contribution >= 0.6 is 0 Å². The van der Waals surface area contributed by atoms with Crippen molar-refractivity contribution >= 4 is 28.1 Å². The number of carbonyl (C=O) groups excluding carboxylic acids is 1. The number of aliphatic hydroxyl groups excluding tert-OH is 2. The molecule has 5 atom stereocenters. The number of phenols is 4. The number of fused-ring (bicyclic) bond motifs is 1. The van der Waals surface area contributed by atoms with Gasteiger partial charge in [0, 0.05) is 41.5 Å². The van der Waals surface area contributed by atoms with E-state index in [1.807, 2.05) is 54.7 Å². The molecule has 2 aromatic heterocycles. The van der Waals surface area contributed by atoms with E-state index in [0.29, 0.717) is 42.8 Å². The fraction of sp³-hybridized carbons (Fsp3) is 0.304. The molecule has 58 heavy (non-hydrogen) atoms. The number of hydrogen-bond acceptors (Lipinski definition) is 11. The third kappa shape index (κ3) is 8.25. The lowest BCUT2D eigenvalue weighted by Gasteiger charge is -2.45. The summed E-state index contributed by atoms with van der Waals surface area (Å²) >= 11 is 0. The molecule has 1 aliphatic carbocycles. The Labute approximate surface area is 336 Å². The number of aromatic nitrogens is 2. The van der Waals surface area contributed by atoms with Crippen LogP contribution in [0.5, 0.6) is 34.5 Å². The first-order valence-electron chi connectivity index (χ1n) is 19.4. The van der Waals surface area contributed by atoms with Crippen molar-refractivity contribution in [2.45, 2.75) is 62.6 Å². The summed E-state index contributed by atoms with van der Waals surface area (Å²) in [6, 6.07) is 26.5. The summed E-state index contributed by atoms with van der Waals surface area (Å²) in [5, 5.41) is 70.4. The molecular weight excluding hydrogens is 739 g/mol. The van der Waals surface area contributed by atoms with Gasteiger partial charge in [-0.1, -0.05) is 18.2 Å². The zero-order valence-electron chi connectivity index (χ0n) is 32.4. The van der Waals surface area contributed by atoms with Gasteiger partial charge in [0.05, 0.1) is 32.3 Å². The molecule has 7 rings (SSSR count). The number of nitrogens with one attached hydrogen (secondary N) is 2. The van der Waals surface area contributed by atoms with Crippen LogP contribution in [0.15, 0.2) is 103 Å². The molecule has 2 heterocycles. The lowest BCUT2D eigenvalue weighted by atomic mass is 9.58. The number of aromatic hydroxyl groups is 4. The van der Waals surface area contributed by atoms with Crippen molar-refractivity contribution in [3.63, 3.8) is 0 Å². The highest BCUT2D eigenvalue weighted by molar-refractivity contribution is 5.87. The molecule has 1 fully saturated rings. The van der Waals surface area contributed by atoms with E-state index in [4.69, 9.17) is 9.47 Å². The van der Waals surface area contributed by atoms with Crippen molar-refractivity contribution in [2.75, 3.05) is 19.5 Å². The summed E-state index contributed by atoms with van der Waals surface area (Å²) in [4.78, 5) is 23.0. The number of benzene rings is 4. The van der Waals surface area contributed by atoms with Gasteiger partial charge in [-0.3, -0.25) is 4.79 Å². The number of rotatable bonds is 16. The first kappa shape index (κ1) is 40.0. The summed E-state index contributed by atoms with van der Waals surface area (Å²) in [5.41, 5.74) is 2.69. The second-order valence-electron chi connectivity index (χ2n) is 15.2. The number of aryl methyl sites for hydroxylation is 2. The maximum atomic E-state index is 15.1. The van der Waals surface area contributed by atoms with E-state index >= 15 is 4.79 Å². The molecule has 4 aromatic carbocycles. The molecule has 12 heteroatoms. The minimum atomic E-state index is -1.17. The number of Topliss-reactive ketones (excluding diaryl/α,β-unsaturated/α-hetero) is 1. The highest BCUT2D eigenvalue weighted by Crippen LogP contribution is 2.54. The number of H-pyrrole nitrogens is 1. The molecule has 1 aliphatic rings. The van der Waals surface area contributed by atoms with Crippen LogP contribution in [0.2, 0.25) is 0 Å². The topological polar surface area (TPSA) is 198 Å². The lowest BCUT2D eigenvalue weighted by Crippen LogP contribution is -2.51. The summed E-state index contributed by atoms with van der Waals surface area (Å²) < 4.78 is 10.6. The monoisotopic (exact) mass is 787 g/mol. The molecule has 12 nitrogen and oxygen atoms in total. The predicted octanol–water partition coefficient (Wildman–Crippen LogP) is 7.21. The van der Waals surface area contributed by atoms with Crippen LogP contribution in [0, 0.1) is 11.8 Å². The standard InChI is InChI=1S/C46H49N3O9/c1-57-41-21-27(5-12-37(41)52)6-13-38(53)44(39(54)14-7-28-20-40(55)45(56)42(22-28)58-2)46(17-15-36(51)35(46)26-32-4-3-18-47-32)31-16-19-48-43(25-31)49-33-10-8-30-24-34(50)11-9-29(30)23-33/h3-5,8-12,16,18-25,35-36,38,44,47,50-53,55-56H,6-7,13-15,17,26H2,1-2H3,(H,48,49)/t35-,36+,38+,44+,46-/m0/s1. The molecule has 8 N–H and O–H groups in total. The van der Waals surface area contributed by atoms with Crippen LogP contribution in [-0.4, -0.2) is 72.8 Å². The van der Waals surface area contributed by atoms with Crippen LogP contribution < -0.4 is 14.8 Å². The van der Waals surface area contributed by atoms with E-state index < -0.39 is 35.2 Å². The number of methoxy groups -OCH3 is 2. The summed E-state index contributed by atoms with van der Waals surface area (Å²) in [5.74, 6) is -1.43. The molecule has 0 aliphatic heterocycles. The normalized spacial score (nSPS) is 18.8. The van der Waals surface area contributed by atoms with Gasteiger partial charge < -0.3 is 50.4 Å². The molecule has 0 spiro atoms. The summed E-state index contributed by atoms with van der Waals surface area (Å²) in [6.07, 6.45) is 3.45. The maximum absolute atomic E-state index is 15.1. The second kappa shape index (κ2) is 17.1. The van der Waals surface area contributed by atoms with Gasteiger partial charge in [0.1, 0.15) is 17.4 Å². The van der Waals surface area contributed by atoms with Crippen LogP contribution in [0.25, 0.3) is 10.8 Å². The maximum Gasteiger partial charge on any atom is 0.200 e. The number of aromatic amines is 1. The Balaban J connectivity index is 1.30. The largest absolute Gasteiger partial charge is 0.508 e. The van der Waals surface area contributed by atoms with Gasteiger partial charge >= 0.3 is 0 Å². The minimum absolute atomic E-state index is 0.00658. The van der Waals surface area contributed by atoms with Gasteiger partial charge in [-0.2, -0.15) is 0 Å². The van der Waals surface area contributed by atoms with Crippen molar-refractivity contribution in [1.29, 1.82) is 0 Å². The Morgan fingerprint density at radius 2 is 1.66 bits per heavy atom. The molecule has 0 bridgehead atoms. The first-order chi connectivity index (χ1) is 28.0. The van der Waals surface area contributed by atoms with Crippen LogP contribution in [-0.2, 0) is 29.5 Å². The lowest BCUT2D eigenvalue weighted by molar-refractivity contribution is -0.132. The number of hydrogen-bond donors (Lipinski definition) is 8. The number of aliphatic hydroxyl groups is 2. The molecule has 0 amide bonds. The number of carbonyl (C=O) groups is 1. The molecule has 0 saturated heterocycles. The average molecular weight is 788 g/mol. The number of phenolic OH excluding ortho intramolecular Hbond substituents is 4. The van der Waals surface area contributed by atoms with Gasteiger partial charge in [-0.25, -0.2) is 4.98 Å². The predicted molar refractivity (Wildman–Crippen MR) is 220 cm³/mol. The van der Waals surface area contributed by atoms with Crippen molar-refractivity contribution in [3.05, 3.63) is 126 Å². The van der Waals surface area contributed by atoms with Crippen molar-refractivity contribution in [1.82, 2.24) is 9.97 Å². The van der Waals surface area contributed by atoms with Gasteiger partial charge in [-0.05, 0) is 139 Å². The zero-order valence-corrected chi connectivity index (χ0v) is 32.4. The Morgan fingerprint density at radius 3 is 2.43 bits per heavy atom. The van der Waals surface area contributed by atoms with E-state index in [9.17, 15) is 30.6 Å². The number of nitrogens with zero attached hydrogens (tertiary/aromatic N) is 1. The highest BCUT2D eigenvalue weighted by atomic mass is 16.5. The van der Waals surface area contributed by atoms with E-state index in [0.717, 1.165) is 33.3 Å². The van der Waals surface area contributed by atoms with Crippen molar-refractivity contribution in [3.8, 4) is 34.5 Å². The number of ketones is 1. The first-order valence-corrected chi connectivity index (χ1v) is 19.4. The Bertz CT molecular complexity index is 2380. The SMILES string of the molecule is COc1cc(CC[C@@H](O)[C@H](C(=O)CCc2cc(O)c(O)c(OC)c2)[C@]2(c3ccnc(Nc4ccc5cc(O)ccc5c4)c3)CC[C@@H](O)[C@@H]2Cc2ccc[nH]2)ccc1O. The van der Waals surface area contributed by atoms with Gasteiger partial charge in [0.25, 0.3) is 0 Å². The van der Waals surface area contributed by atoms with E-state index in [1.54, 1.807) is 36.5 Å².